The van der Waals surface area contributed by atoms with Crippen molar-refractivity contribution in [3.05, 3.63) is 15.7 Å². The van der Waals surface area contributed by atoms with Gasteiger partial charge in [-0.25, -0.2) is 9.97 Å². The molecule has 1 aliphatic carbocycles. The lowest BCUT2D eigenvalue weighted by Gasteiger charge is -2.25. The molecule has 2 aromatic heterocycles. The Kier molecular flexibility index (Phi) is 3.96. The summed E-state index contributed by atoms with van der Waals surface area (Å²) in [5.41, 5.74) is 1.46. The van der Waals surface area contributed by atoms with Crippen molar-refractivity contribution in [1.82, 2.24) is 15.3 Å². The van der Waals surface area contributed by atoms with E-state index < -0.39 is 0 Å². The molecule has 1 unspecified atom stereocenters. The van der Waals surface area contributed by atoms with E-state index in [-0.39, 0.29) is 0 Å². The molecule has 1 fully saturated rings. The maximum Gasteiger partial charge on any atom is 0.225 e. The summed E-state index contributed by atoms with van der Waals surface area (Å²) in [6.07, 6.45) is 5.83. The van der Waals surface area contributed by atoms with E-state index in [2.05, 4.69) is 27.5 Å². The highest BCUT2D eigenvalue weighted by atomic mass is 35.5. The fourth-order valence-corrected chi connectivity index (χ4v) is 5.18. The van der Waals surface area contributed by atoms with E-state index in [9.17, 15) is 0 Å². The van der Waals surface area contributed by atoms with Crippen LogP contribution in [0.5, 0.6) is 0 Å². The van der Waals surface area contributed by atoms with Crippen LogP contribution in [0.3, 0.4) is 0 Å². The van der Waals surface area contributed by atoms with Crippen LogP contribution in [0.2, 0.25) is 5.28 Å². The minimum atomic E-state index is 0.357. The third kappa shape index (κ3) is 2.70. The summed E-state index contributed by atoms with van der Waals surface area (Å²) in [6, 6.07) is 0.480. The summed E-state index contributed by atoms with van der Waals surface area (Å²) in [5, 5.41) is 8.63. The van der Waals surface area contributed by atoms with Gasteiger partial charge in [-0.3, -0.25) is 0 Å². The van der Waals surface area contributed by atoms with Crippen LogP contribution in [0.4, 0.5) is 5.82 Å². The molecule has 22 heavy (non-hydrogen) atoms. The number of fused-ring (bicyclic) bond motifs is 3. The predicted octanol–water partition coefficient (Wildman–Crippen LogP) is 3.63. The van der Waals surface area contributed by atoms with Gasteiger partial charge in [-0.15, -0.1) is 11.3 Å². The van der Waals surface area contributed by atoms with Crippen LogP contribution in [0, 0.1) is 5.92 Å². The van der Waals surface area contributed by atoms with Gasteiger partial charge in [0.05, 0.1) is 5.39 Å². The molecule has 1 saturated heterocycles. The van der Waals surface area contributed by atoms with Crippen molar-refractivity contribution >= 4 is 39.0 Å². The number of aromatic nitrogens is 2. The number of rotatable bonds is 2. The van der Waals surface area contributed by atoms with Crippen molar-refractivity contribution in [1.29, 1.82) is 0 Å². The zero-order valence-electron chi connectivity index (χ0n) is 12.8. The topological polar surface area (TPSA) is 49.8 Å². The standard InChI is InChI=1S/C16H21ClN4S/c1-9-2-3-11-12(8-9)22-15-13(11)14(20-16(17)21-15)19-10-4-6-18-7-5-10/h9-10,18H,2-8H2,1H3,(H,19,20,21). The van der Waals surface area contributed by atoms with Crippen LogP contribution in [0.1, 0.15) is 36.6 Å². The Morgan fingerprint density at radius 2 is 2.05 bits per heavy atom. The largest absolute Gasteiger partial charge is 0.367 e. The molecule has 118 valence electrons. The summed E-state index contributed by atoms with van der Waals surface area (Å²) < 4.78 is 0. The van der Waals surface area contributed by atoms with Gasteiger partial charge in [-0.1, -0.05) is 6.92 Å². The fourth-order valence-electron chi connectivity index (χ4n) is 3.58. The summed E-state index contributed by atoms with van der Waals surface area (Å²) >= 11 is 7.97. The number of thiophene rings is 1. The Morgan fingerprint density at radius 3 is 2.86 bits per heavy atom. The first-order valence-corrected chi connectivity index (χ1v) is 9.35. The Morgan fingerprint density at radius 1 is 1.23 bits per heavy atom. The number of piperidine rings is 1. The highest BCUT2D eigenvalue weighted by Crippen LogP contribution is 2.40. The van der Waals surface area contributed by atoms with Gasteiger partial charge in [0.25, 0.3) is 0 Å². The highest BCUT2D eigenvalue weighted by Gasteiger charge is 2.25. The van der Waals surface area contributed by atoms with Gasteiger partial charge < -0.3 is 10.6 Å². The molecule has 6 heteroatoms. The first kappa shape index (κ1) is 14.7. The average molecular weight is 337 g/mol. The van der Waals surface area contributed by atoms with E-state index in [4.69, 9.17) is 11.6 Å². The van der Waals surface area contributed by atoms with Gasteiger partial charge in [0, 0.05) is 10.9 Å². The van der Waals surface area contributed by atoms with E-state index in [1.165, 1.54) is 28.7 Å². The van der Waals surface area contributed by atoms with E-state index >= 15 is 0 Å². The second kappa shape index (κ2) is 5.95. The maximum atomic E-state index is 6.17. The monoisotopic (exact) mass is 336 g/mol. The third-order valence-electron chi connectivity index (χ3n) is 4.81. The minimum absolute atomic E-state index is 0.357. The summed E-state index contributed by atoms with van der Waals surface area (Å²) in [6.45, 7) is 4.47. The maximum absolute atomic E-state index is 6.17. The molecule has 2 N–H and O–H groups in total. The third-order valence-corrected chi connectivity index (χ3v) is 6.13. The number of hydrogen-bond acceptors (Lipinski definition) is 5. The number of nitrogens with one attached hydrogen (secondary N) is 2. The molecule has 4 rings (SSSR count). The van der Waals surface area contributed by atoms with E-state index in [0.717, 1.165) is 48.9 Å². The van der Waals surface area contributed by atoms with Crippen molar-refractivity contribution in [3.8, 4) is 0 Å². The summed E-state index contributed by atoms with van der Waals surface area (Å²) in [4.78, 5) is 11.5. The number of hydrogen-bond donors (Lipinski definition) is 2. The minimum Gasteiger partial charge on any atom is -0.367 e. The molecule has 0 spiro atoms. The average Bonchev–Trinajstić information content (AvgIpc) is 2.85. The van der Waals surface area contributed by atoms with E-state index in [1.807, 2.05) is 0 Å². The molecule has 0 saturated carbocycles. The molecule has 1 atom stereocenters. The van der Waals surface area contributed by atoms with Crippen molar-refractivity contribution in [2.75, 3.05) is 18.4 Å². The van der Waals surface area contributed by atoms with Gasteiger partial charge in [-0.05, 0) is 68.3 Å². The van der Waals surface area contributed by atoms with Gasteiger partial charge in [-0.2, -0.15) is 0 Å². The smallest absolute Gasteiger partial charge is 0.225 e. The highest BCUT2D eigenvalue weighted by molar-refractivity contribution is 7.19. The summed E-state index contributed by atoms with van der Waals surface area (Å²) in [5.74, 6) is 1.72. The van der Waals surface area contributed by atoms with E-state index in [1.54, 1.807) is 11.3 Å². The van der Waals surface area contributed by atoms with Crippen molar-refractivity contribution < 1.29 is 0 Å². The van der Waals surface area contributed by atoms with Crippen molar-refractivity contribution in [3.63, 3.8) is 0 Å². The van der Waals surface area contributed by atoms with Crippen LogP contribution in [0.15, 0.2) is 0 Å². The zero-order valence-corrected chi connectivity index (χ0v) is 14.4. The number of aryl methyl sites for hydroxylation is 1. The lowest BCUT2D eigenvalue weighted by molar-refractivity contribution is 0.478. The summed E-state index contributed by atoms with van der Waals surface area (Å²) in [7, 11) is 0. The Hall–Kier alpha value is -0.910. The first-order chi connectivity index (χ1) is 10.7. The molecule has 3 heterocycles. The molecule has 1 aliphatic heterocycles. The normalized spacial score (nSPS) is 22.7. The molecule has 0 aromatic carbocycles. The Bertz CT molecular complexity index is 693. The molecular weight excluding hydrogens is 316 g/mol. The number of anilines is 1. The lowest BCUT2D eigenvalue weighted by Crippen LogP contribution is -2.35. The predicted molar refractivity (Wildman–Crippen MR) is 93.1 cm³/mol. The van der Waals surface area contributed by atoms with Crippen molar-refractivity contribution in [2.45, 2.75) is 45.1 Å². The van der Waals surface area contributed by atoms with Gasteiger partial charge in [0.15, 0.2) is 0 Å². The molecule has 0 radical (unpaired) electrons. The molecule has 0 amide bonds. The van der Waals surface area contributed by atoms with Crippen LogP contribution in [0.25, 0.3) is 10.2 Å². The Labute approximate surface area is 139 Å². The van der Waals surface area contributed by atoms with Crippen LogP contribution in [-0.4, -0.2) is 29.1 Å². The van der Waals surface area contributed by atoms with Crippen LogP contribution in [-0.2, 0) is 12.8 Å². The Balaban J connectivity index is 1.76. The SMILES string of the molecule is CC1CCc2c(sc3nc(Cl)nc(NC4CCNCC4)c23)C1. The second-order valence-electron chi connectivity index (χ2n) is 6.54. The van der Waals surface area contributed by atoms with E-state index in [0.29, 0.717) is 11.3 Å². The molecule has 2 aliphatic rings. The first-order valence-electron chi connectivity index (χ1n) is 8.15. The van der Waals surface area contributed by atoms with Crippen molar-refractivity contribution in [2.24, 2.45) is 5.92 Å². The number of halogens is 1. The molecular formula is C16H21ClN4S. The van der Waals surface area contributed by atoms with Gasteiger partial charge >= 0.3 is 0 Å². The second-order valence-corrected chi connectivity index (χ2v) is 7.96. The van der Waals surface area contributed by atoms with Gasteiger partial charge in [0.1, 0.15) is 10.6 Å². The zero-order chi connectivity index (χ0) is 15.1. The molecule has 0 bridgehead atoms. The lowest BCUT2D eigenvalue weighted by atomic mass is 9.89. The molecule has 4 nitrogen and oxygen atoms in total. The van der Waals surface area contributed by atoms with Gasteiger partial charge in [0.2, 0.25) is 5.28 Å². The number of nitrogens with zero attached hydrogens (tertiary/aromatic N) is 2. The fraction of sp³-hybridized carbons (Fsp3) is 0.625. The molecule has 2 aromatic rings. The van der Waals surface area contributed by atoms with Crippen LogP contribution < -0.4 is 10.6 Å². The quantitative estimate of drug-likeness (QED) is 0.822. The van der Waals surface area contributed by atoms with Crippen LogP contribution >= 0.6 is 22.9 Å².